The summed E-state index contributed by atoms with van der Waals surface area (Å²) in [5.41, 5.74) is 8.24. The molecular formula is C63H64N4O3. The molecule has 0 spiro atoms. The van der Waals surface area contributed by atoms with Gasteiger partial charge in [0, 0.05) is 29.9 Å². The van der Waals surface area contributed by atoms with Crippen molar-refractivity contribution >= 4 is 66.2 Å². The van der Waals surface area contributed by atoms with Crippen molar-refractivity contribution in [3.8, 4) is 5.75 Å². The summed E-state index contributed by atoms with van der Waals surface area (Å²) in [7, 11) is 0. The third kappa shape index (κ3) is 11.5. The average molecular weight is 925 g/mol. The number of aryl methyl sites for hydroxylation is 2. The minimum absolute atomic E-state index is 0.0165. The third-order valence-corrected chi connectivity index (χ3v) is 13.4. The SMILES string of the molecule is CCCCc1ccc(OC(=O)c2cc3cccc4c5ccc(C(=O)c6ccc(CCCC)cc6)c6cccc(c(c2)c34)c65)cc1.[C-]#[N+]C1=CC=C(N=Nc2ccc(N(CCCC)CCCC)cc2)CC1. The highest BCUT2D eigenvalue weighted by Crippen LogP contribution is 2.42. The molecule has 0 bridgehead atoms. The molecule has 8 aromatic rings. The van der Waals surface area contributed by atoms with E-state index in [-0.39, 0.29) is 11.8 Å². The summed E-state index contributed by atoms with van der Waals surface area (Å²) in [5, 5.41) is 16.9. The highest BCUT2D eigenvalue weighted by molar-refractivity contribution is 6.35. The molecule has 0 amide bonds. The molecule has 70 heavy (non-hydrogen) atoms. The number of allylic oxidation sites excluding steroid dienone is 4. The summed E-state index contributed by atoms with van der Waals surface area (Å²) >= 11 is 0. The van der Waals surface area contributed by atoms with Crippen LogP contribution in [0.2, 0.25) is 0 Å². The van der Waals surface area contributed by atoms with Crippen molar-refractivity contribution in [2.75, 3.05) is 18.0 Å². The first kappa shape index (κ1) is 49.0. The van der Waals surface area contributed by atoms with Crippen molar-refractivity contribution in [2.24, 2.45) is 10.2 Å². The number of unbranched alkanes of at least 4 members (excludes halogenated alkanes) is 4. The first-order valence-electron chi connectivity index (χ1n) is 25.4. The molecule has 0 saturated carbocycles. The van der Waals surface area contributed by atoms with Gasteiger partial charge in [0.05, 0.1) is 23.5 Å². The molecule has 0 atom stereocenters. The summed E-state index contributed by atoms with van der Waals surface area (Å²) in [6.07, 6.45) is 16.8. The average Bonchev–Trinajstić information content (AvgIpc) is 3.41. The lowest BCUT2D eigenvalue weighted by molar-refractivity contribution is 0.0734. The van der Waals surface area contributed by atoms with Crippen LogP contribution >= 0.6 is 0 Å². The second-order valence-corrected chi connectivity index (χ2v) is 18.4. The fraction of sp³-hybridized carbons (Fsp3) is 0.286. The quantitative estimate of drug-likeness (QED) is 0.0154. The van der Waals surface area contributed by atoms with Crippen molar-refractivity contribution in [2.45, 2.75) is 105 Å². The molecule has 0 radical (unpaired) electrons. The number of nitrogens with zero attached hydrogens (tertiary/aromatic N) is 4. The largest absolute Gasteiger partial charge is 0.423 e. The van der Waals surface area contributed by atoms with Gasteiger partial charge in [-0.05, 0) is 166 Å². The Morgan fingerprint density at radius 3 is 1.83 bits per heavy atom. The maximum atomic E-state index is 13.9. The molecule has 0 N–H and O–H groups in total. The van der Waals surface area contributed by atoms with Gasteiger partial charge in [-0.15, -0.1) is 0 Å². The summed E-state index contributed by atoms with van der Waals surface area (Å²) < 4.78 is 5.85. The summed E-state index contributed by atoms with van der Waals surface area (Å²) in [4.78, 5) is 33.3. The topological polar surface area (TPSA) is 75.7 Å². The highest BCUT2D eigenvalue weighted by atomic mass is 16.5. The Labute approximate surface area is 413 Å². The Bertz CT molecular complexity index is 3200. The van der Waals surface area contributed by atoms with Crippen LogP contribution in [0.3, 0.4) is 0 Å². The molecule has 1 aliphatic carbocycles. The predicted octanol–water partition coefficient (Wildman–Crippen LogP) is 17.5. The number of fused-ring (bicyclic) bond motifs is 2. The monoisotopic (exact) mass is 924 g/mol. The van der Waals surface area contributed by atoms with E-state index in [1.165, 1.54) is 42.5 Å². The van der Waals surface area contributed by atoms with Crippen LogP contribution in [-0.4, -0.2) is 24.8 Å². The van der Waals surface area contributed by atoms with Gasteiger partial charge in [0.15, 0.2) is 11.5 Å². The summed E-state index contributed by atoms with van der Waals surface area (Å²) in [6.45, 7) is 18.1. The molecule has 9 rings (SSSR count). The van der Waals surface area contributed by atoms with Crippen molar-refractivity contribution in [1.82, 2.24) is 0 Å². The Balaban J connectivity index is 0.000000224. The van der Waals surface area contributed by atoms with E-state index in [9.17, 15) is 9.59 Å². The van der Waals surface area contributed by atoms with Gasteiger partial charge >= 0.3 is 5.97 Å². The van der Waals surface area contributed by atoms with Crippen molar-refractivity contribution in [1.29, 1.82) is 0 Å². The van der Waals surface area contributed by atoms with Gasteiger partial charge in [-0.1, -0.05) is 138 Å². The first-order chi connectivity index (χ1) is 34.3. The maximum absolute atomic E-state index is 13.9. The lowest BCUT2D eigenvalue weighted by Crippen LogP contribution is -2.25. The van der Waals surface area contributed by atoms with E-state index < -0.39 is 0 Å². The van der Waals surface area contributed by atoms with Crippen LogP contribution in [0.25, 0.3) is 47.9 Å². The minimum atomic E-state index is -0.385. The molecule has 1 aliphatic rings. The van der Waals surface area contributed by atoms with Gasteiger partial charge in [-0.2, -0.15) is 10.2 Å². The number of hydrogen-bond donors (Lipinski definition) is 0. The fourth-order valence-electron chi connectivity index (χ4n) is 9.38. The lowest BCUT2D eigenvalue weighted by Gasteiger charge is -2.24. The van der Waals surface area contributed by atoms with E-state index in [0.29, 0.717) is 22.4 Å². The number of esters is 1. The zero-order valence-corrected chi connectivity index (χ0v) is 41.3. The van der Waals surface area contributed by atoms with Crippen LogP contribution in [0.4, 0.5) is 11.4 Å². The zero-order valence-electron chi connectivity index (χ0n) is 41.3. The first-order valence-corrected chi connectivity index (χ1v) is 25.4. The van der Waals surface area contributed by atoms with Crippen LogP contribution in [0.5, 0.6) is 5.75 Å². The maximum Gasteiger partial charge on any atom is 0.343 e. The van der Waals surface area contributed by atoms with Crippen molar-refractivity contribution in [3.63, 3.8) is 0 Å². The molecule has 0 fully saturated rings. The molecule has 0 heterocycles. The van der Waals surface area contributed by atoms with E-state index in [2.05, 4.69) is 96.2 Å². The van der Waals surface area contributed by atoms with E-state index in [0.717, 1.165) is 125 Å². The van der Waals surface area contributed by atoms with Crippen LogP contribution < -0.4 is 9.64 Å². The van der Waals surface area contributed by atoms with Gasteiger partial charge in [0.1, 0.15) is 5.75 Å². The molecule has 7 heteroatoms. The number of azo groups is 1. The molecule has 0 aliphatic heterocycles. The van der Waals surface area contributed by atoms with Crippen molar-refractivity contribution in [3.05, 3.63) is 196 Å². The lowest BCUT2D eigenvalue weighted by atomic mass is 9.86. The number of ketones is 1. The molecule has 0 aromatic heterocycles. The summed E-state index contributed by atoms with van der Waals surface area (Å²) in [5.74, 6) is 0.170. The van der Waals surface area contributed by atoms with E-state index in [1.807, 2.05) is 97.1 Å². The summed E-state index contributed by atoms with van der Waals surface area (Å²) in [6, 6.07) is 44.5. The van der Waals surface area contributed by atoms with Gasteiger partial charge < -0.3 is 9.64 Å². The van der Waals surface area contributed by atoms with E-state index in [4.69, 9.17) is 11.3 Å². The Kier molecular flexibility index (Phi) is 16.6. The van der Waals surface area contributed by atoms with Crippen molar-refractivity contribution < 1.29 is 14.3 Å². The number of rotatable bonds is 19. The second-order valence-electron chi connectivity index (χ2n) is 18.4. The van der Waals surface area contributed by atoms with Crippen LogP contribution in [0.1, 0.15) is 129 Å². The molecule has 7 nitrogen and oxygen atoms in total. The van der Waals surface area contributed by atoms with Gasteiger partial charge in [0.2, 0.25) is 0 Å². The van der Waals surface area contributed by atoms with E-state index >= 15 is 0 Å². The third-order valence-electron chi connectivity index (χ3n) is 13.4. The number of benzene rings is 8. The van der Waals surface area contributed by atoms with E-state index in [1.54, 1.807) is 0 Å². The van der Waals surface area contributed by atoms with Gasteiger partial charge in [-0.3, -0.25) is 4.79 Å². The molecule has 354 valence electrons. The number of anilines is 1. The fourth-order valence-corrected chi connectivity index (χ4v) is 9.38. The normalized spacial score (nSPS) is 12.5. The molecular weight excluding hydrogens is 861 g/mol. The predicted molar refractivity (Wildman–Crippen MR) is 291 cm³/mol. The second kappa shape index (κ2) is 23.7. The molecule has 0 unspecified atom stereocenters. The molecule has 0 saturated heterocycles. The van der Waals surface area contributed by atoms with Gasteiger partial charge in [0.25, 0.3) is 0 Å². The van der Waals surface area contributed by atoms with Crippen LogP contribution in [0, 0.1) is 6.57 Å². The number of carbonyl (C=O) groups is 2. The zero-order chi connectivity index (χ0) is 48.8. The number of hydrogen-bond acceptors (Lipinski definition) is 6. The standard InChI is InChI=1S/C42H36O3.C21H28N4/c1-3-5-9-27-15-19-29(20-16-27)41(43)37-24-23-36-33-12-7-11-30-25-31(26-38(39(30)33)35-14-8-13-34(37)40(35)36)42(44)45-32-21-17-28(18-22-32)10-6-4-2;1-4-6-16-25(17-7-5-2)21-14-12-20(13-15-21)24-23-19-10-8-18(22-3)9-11-19/h7-8,11-26H,3-6,9-10H2,1-2H3;8,10,12-15H,4-7,9,11,16-17H2,1-2H3. The highest BCUT2D eigenvalue weighted by Gasteiger charge is 2.21. The number of ether oxygens (including phenoxy) is 1. The Morgan fingerprint density at radius 2 is 1.20 bits per heavy atom. The van der Waals surface area contributed by atoms with Gasteiger partial charge in [-0.25, -0.2) is 9.64 Å². The van der Waals surface area contributed by atoms with Crippen LogP contribution in [0.15, 0.2) is 167 Å². The van der Waals surface area contributed by atoms with Crippen LogP contribution in [-0.2, 0) is 12.8 Å². The number of carbonyl (C=O) groups excluding carboxylic acids is 2. The smallest absolute Gasteiger partial charge is 0.343 e. The minimum Gasteiger partial charge on any atom is -0.423 e. The Hall–Kier alpha value is -7.43. The molecule has 8 aromatic carbocycles. The Morgan fingerprint density at radius 1 is 0.586 bits per heavy atom.